The number of hydrogen-bond donors (Lipinski definition) is 2. The highest BCUT2D eigenvalue weighted by atomic mass is 35.5. The average Bonchev–Trinajstić information content (AvgIpc) is 2.73. The van der Waals surface area contributed by atoms with Crippen LogP contribution >= 0.6 is 11.6 Å². The molecule has 0 aliphatic rings. The summed E-state index contributed by atoms with van der Waals surface area (Å²) in [6.45, 7) is 1.28. The molecule has 0 bridgehead atoms. The Balaban J connectivity index is 1.71. The Morgan fingerprint density at radius 1 is 0.871 bits per heavy atom. The summed E-state index contributed by atoms with van der Waals surface area (Å²) in [5, 5.41) is 6.08. The maximum Gasteiger partial charge on any atom is 0.308 e. The van der Waals surface area contributed by atoms with E-state index in [1.165, 1.54) is 19.1 Å². The van der Waals surface area contributed by atoms with E-state index in [0.29, 0.717) is 22.0 Å². The first-order chi connectivity index (χ1) is 14.9. The third kappa shape index (κ3) is 6.55. The van der Waals surface area contributed by atoms with E-state index in [2.05, 4.69) is 10.6 Å². The minimum Gasteiger partial charge on any atom is -0.427 e. The smallest absolute Gasteiger partial charge is 0.308 e. The van der Waals surface area contributed by atoms with E-state index < -0.39 is 11.9 Å². The zero-order valence-corrected chi connectivity index (χ0v) is 17.3. The van der Waals surface area contributed by atoms with Crippen molar-refractivity contribution in [2.24, 2.45) is 0 Å². The summed E-state index contributed by atoms with van der Waals surface area (Å²) in [6, 6.07) is 20.2. The molecule has 0 unspecified atom stereocenters. The molecule has 0 aromatic heterocycles. The van der Waals surface area contributed by atoms with Crippen LogP contribution < -0.4 is 15.4 Å². The van der Waals surface area contributed by atoms with E-state index in [9.17, 15) is 14.4 Å². The zero-order chi connectivity index (χ0) is 22.2. The van der Waals surface area contributed by atoms with Crippen LogP contribution in [0.3, 0.4) is 0 Å². The number of para-hydroxylation sites is 2. The van der Waals surface area contributed by atoms with Crippen molar-refractivity contribution in [3.63, 3.8) is 0 Å². The van der Waals surface area contributed by atoms with Crippen LogP contribution in [0.25, 0.3) is 6.08 Å². The number of hydrogen-bond acceptors (Lipinski definition) is 4. The van der Waals surface area contributed by atoms with Crippen LogP contribution in [-0.4, -0.2) is 17.8 Å². The number of esters is 1. The largest absolute Gasteiger partial charge is 0.427 e. The maximum atomic E-state index is 12.6. The summed E-state index contributed by atoms with van der Waals surface area (Å²) in [4.78, 5) is 36.1. The molecular weight excluding hydrogens is 416 g/mol. The molecule has 0 atom stereocenters. The van der Waals surface area contributed by atoms with Gasteiger partial charge in [-0.25, -0.2) is 0 Å². The molecule has 0 fully saturated rings. The second-order valence-electron chi connectivity index (χ2n) is 6.50. The van der Waals surface area contributed by atoms with Crippen molar-refractivity contribution in [3.8, 4) is 5.75 Å². The van der Waals surface area contributed by atoms with Gasteiger partial charge < -0.3 is 15.4 Å². The fraction of sp³-hybridized carbons (Fsp3) is 0.0417. The Morgan fingerprint density at radius 3 is 2.29 bits per heavy atom. The Bertz CT molecular complexity index is 1160. The molecule has 2 N–H and O–H groups in total. The van der Waals surface area contributed by atoms with Crippen LogP contribution in [0, 0.1) is 0 Å². The molecule has 3 aromatic carbocycles. The summed E-state index contributed by atoms with van der Waals surface area (Å²) < 4.78 is 5.01. The monoisotopic (exact) mass is 434 g/mol. The van der Waals surface area contributed by atoms with Gasteiger partial charge in [0.25, 0.3) is 5.91 Å². The minimum atomic E-state index is -0.476. The third-order valence-corrected chi connectivity index (χ3v) is 4.30. The highest BCUT2D eigenvalue weighted by Crippen LogP contribution is 2.23. The fourth-order valence-electron chi connectivity index (χ4n) is 2.72. The predicted molar refractivity (Wildman–Crippen MR) is 121 cm³/mol. The van der Waals surface area contributed by atoms with E-state index in [1.807, 2.05) is 6.07 Å². The number of amides is 2. The first kappa shape index (κ1) is 21.8. The molecule has 3 rings (SSSR count). The van der Waals surface area contributed by atoms with Crippen LogP contribution in [0.2, 0.25) is 5.02 Å². The first-order valence-corrected chi connectivity index (χ1v) is 9.72. The number of benzene rings is 3. The van der Waals surface area contributed by atoms with Gasteiger partial charge in [0.2, 0.25) is 5.91 Å². The van der Waals surface area contributed by atoms with Crippen molar-refractivity contribution in [2.75, 3.05) is 10.6 Å². The molecular formula is C24H19ClN2O4. The average molecular weight is 435 g/mol. The SMILES string of the molecule is CC(=O)Oc1cccc(C(=O)Nc2ccccc2NC(=O)/C=C/c2cccc(Cl)c2)c1. The van der Waals surface area contributed by atoms with Gasteiger partial charge in [0.1, 0.15) is 5.75 Å². The Morgan fingerprint density at radius 2 is 1.58 bits per heavy atom. The Labute approximate surface area is 184 Å². The van der Waals surface area contributed by atoms with E-state index in [4.69, 9.17) is 16.3 Å². The summed E-state index contributed by atoms with van der Waals surface area (Å²) in [5.74, 6) is -0.979. The molecule has 156 valence electrons. The number of halogens is 1. The lowest BCUT2D eigenvalue weighted by molar-refractivity contribution is -0.131. The quantitative estimate of drug-likeness (QED) is 0.318. The number of carbonyl (C=O) groups is 3. The highest BCUT2D eigenvalue weighted by molar-refractivity contribution is 6.30. The lowest BCUT2D eigenvalue weighted by atomic mass is 10.2. The first-order valence-electron chi connectivity index (χ1n) is 9.34. The molecule has 0 saturated heterocycles. The van der Waals surface area contributed by atoms with Gasteiger partial charge in [-0.1, -0.05) is 41.9 Å². The lowest BCUT2D eigenvalue weighted by Gasteiger charge is -2.12. The van der Waals surface area contributed by atoms with E-state index in [0.717, 1.165) is 5.56 Å². The fourth-order valence-corrected chi connectivity index (χ4v) is 2.92. The van der Waals surface area contributed by atoms with Gasteiger partial charge in [0.15, 0.2) is 0 Å². The van der Waals surface area contributed by atoms with Crippen molar-refractivity contribution < 1.29 is 19.1 Å². The minimum absolute atomic E-state index is 0.271. The van der Waals surface area contributed by atoms with Crippen molar-refractivity contribution in [1.29, 1.82) is 0 Å². The van der Waals surface area contributed by atoms with Crippen molar-refractivity contribution >= 4 is 46.8 Å². The van der Waals surface area contributed by atoms with Crippen LogP contribution in [0.15, 0.2) is 78.9 Å². The van der Waals surface area contributed by atoms with Crippen LogP contribution in [0.4, 0.5) is 11.4 Å². The second kappa shape index (κ2) is 10.2. The van der Waals surface area contributed by atoms with Gasteiger partial charge in [-0.3, -0.25) is 14.4 Å². The summed E-state index contributed by atoms with van der Waals surface area (Å²) in [5.41, 5.74) is 1.96. The molecule has 0 heterocycles. The van der Waals surface area contributed by atoms with Crippen LogP contribution in [0.1, 0.15) is 22.8 Å². The number of nitrogens with one attached hydrogen (secondary N) is 2. The second-order valence-corrected chi connectivity index (χ2v) is 6.94. The topological polar surface area (TPSA) is 84.5 Å². The van der Waals surface area contributed by atoms with E-state index in [1.54, 1.807) is 66.7 Å². The van der Waals surface area contributed by atoms with E-state index in [-0.39, 0.29) is 11.7 Å². The maximum absolute atomic E-state index is 12.6. The molecule has 2 amide bonds. The molecule has 0 spiro atoms. The lowest BCUT2D eigenvalue weighted by Crippen LogP contribution is -2.15. The molecule has 0 aliphatic heterocycles. The number of anilines is 2. The summed E-state index contributed by atoms with van der Waals surface area (Å²) in [6.07, 6.45) is 3.02. The number of carbonyl (C=O) groups excluding carboxylic acids is 3. The van der Waals surface area contributed by atoms with Crippen LogP contribution in [-0.2, 0) is 9.59 Å². The molecule has 3 aromatic rings. The number of rotatable bonds is 6. The highest BCUT2D eigenvalue weighted by Gasteiger charge is 2.11. The summed E-state index contributed by atoms with van der Waals surface area (Å²) >= 11 is 5.94. The standard InChI is InChI=1S/C24H19ClN2O4/c1-16(28)31-20-9-5-7-18(15-20)24(30)27-22-11-3-2-10-21(22)26-23(29)13-12-17-6-4-8-19(25)14-17/h2-15H,1H3,(H,26,29)(H,27,30)/b13-12+. The van der Waals surface area contributed by atoms with Crippen molar-refractivity contribution in [3.05, 3.63) is 95.0 Å². The molecule has 0 aliphatic carbocycles. The molecule has 6 nitrogen and oxygen atoms in total. The van der Waals surface area contributed by atoms with Gasteiger partial charge in [-0.05, 0) is 54.1 Å². The van der Waals surface area contributed by atoms with Gasteiger partial charge in [0.05, 0.1) is 11.4 Å². The molecule has 0 saturated carbocycles. The zero-order valence-electron chi connectivity index (χ0n) is 16.6. The normalized spacial score (nSPS) is 10.5. The predicted octanol–water partition coefficient (Wildman–Crippen LogP) is 5.17. The van der Waals surface area contributed by atoms with Gasteiger partial charge >= 0.3 is 5.97 Å². The molecule has 31 heavy (non-hydrogen) atoms. The van der Waals surface area contributed by atoms with Gasteiger partial charge in [-0.15, -0.1) is 0 Å². The Hall–Kier alpha value is -3.90. The molecule has 7 heteroatoms. The summed E-state index contributed by atoms with van der Waals surface area (Å²) in [7, 11) is 0. The van der Waals surface area contributed by atoms with Crippen molar-refractivity contribution in [1.82, 2.24) is 0 Å². The molecule has 0 radical (unpaired) electrons. The van der Waals surface area contributed by atoms with Crippen LogP contribution in [0.5, 0.6) is 5.75 Å². The van der Waals surface area contributed by atoms with Gasteiger partial charge in [-0.2, -0.15) is 0 Å². The van der Waals surface area contributed by atoms with Gasteiger partial charge in [0, 0.05) is 23.6 Å². The third-order valence-electron chi connectivity index (χ3n) is 4.07. The van der Waals surface area contributed by atoms with E-state index >= 15 is 0 Å². The van der Waals surface area contributed by atoms with Crippen molar-refractivity contribution in [2.45, 2.75) is 6.92 Å². The number of ether oxygens (including phenoxy) is 1. The Kier molecular flexibility index (Phi) is 7.19.